The van der Waals surface area contributed by atoms with Crippen LogP contribution in [0.4, 0.5) is 0 Å². The van der Waals surface area contributed by atoms with Crippen molar-refractivity contribution >= 4 is 23.2 Å². The summed E-state index contributed by atoms with van der Waals surface area (Å²) in [6.07, 6.45) is 4.17. The molecule has 0 N–H and O–H groups in total. The minimum atomic E-state index is 0.0812. The Labute approximate surface area is 168 Å². The molecule has 27 heavy (non-hydrogen) atoms. The Morgan fingerprint density at radius 3 is 2.56 bits per heavy atom. The smallest absolute Gasteiger partial charge is 0.225 e. The zero-order chi connectivity index (χ0) is 19.8. The average molecular weight is 394 g/mol. The van der Waals surface area contributed by atoms with Crippen LogP contribution in [0.2, 0.25) is 0 Å². The predicted octanol–water partition coefficient (Wildman–Crippen LogP) is 3.11. The number of hydrogen-bond donors (Lipinski definition) is 0. The molecule has 2 rings (SSSR count). The highest BCUT2D eigenvalue weighted by Gasteiger charge is 2.28. The van der Waals surface area contributed by atoms with E-state index in [0.29, 0.717) is 12.5 Å². The molecule has 1 aliphatic heterocycles. The first kappa shape index (κ1) is 21.9. The van der Waals surface area contributed by atoms with Crippen molar-refractivity contribution in [1.29, 1.82) is 0 Å². The molecule has 2 heterocycles. The van der Waals surface area contributed by atoms with Gasteiger partial charge in [-0.3, -0.25) is 9.59 Å². The minimum Gasteiger partial charge on any atom is -0.349 e. The highest BCUT2D eigenvalue weighted by atomic mass is 32.1. The molecule has 0 radical (unpaired) electrons. The maximum atomic E-state index is 12.5. The Hall–Kier alpha value is -1.40. The van der Waals surface area contributed by atoms with Crippen molar-refractivity contribution in [1.82, 2.24) is 14.7 Å². The van der Waals surface area contributed by atoms with E-state index in [0.717, 1.165) is 51.9 Å². The summed E-state index contributed by atoms with van der Waals surface area (Å²) in [6.45, 7) is 7.88. The van der Waals surface area contributed by atoms with E-state index in [-0.39, 0.29) is 17.7 Å². The topological polar surface area (TPSA) is 43.9 Å². The standard InChI is InChI=1S/C21H35N3O2S/c1-5-23(17(2)16-19-8-7-15-27-19)12-6-9-20(25)24-13-10-18(11-14-24)21(26)22(3)4/h7-8,15,17-18H,5-6,9-14,16H2,1-4H3. The third-order valence-electron chi connectivity index (χ3n) is 5.58. The lowest BCUT2D eigenvalue weighted by Crippen LogP contribution is -2.43. The predicted molar refractivity (Wildman–Crippen MR) is 112 cm³/mol. The zero-order valence-electron chi connectivity index (χ0n) is 17.3. The molecule has 1 saturated heterocycles. The third kappa shape index (κ3) is 6.61. The van der Waals surface area contributed by atoms with Gasteiger partial charge in [-0.2, -0.15) is 0 Å². The van der Waals surface area contributed by atoms with Crippen LogP contribution in [0.5, 0.6) is 0 Å². The number of thiophene rings is 1. The Morgan fingerprint density at radius 1 is 1.30 bits per heavy atom. The molecule has 1 unspecified atom stereocenters. The van der Waals surface area contributed by atoms with E-state index in [1.165, 1.54) is 4.88 Å². The number of rotatable bonds is 9. The molecule has 1 aliphatic rings. The lowest BCUT2D eigenvalue weighted by molar-refractivity contribution is -0.139. The monoisotopic (exact) mass is 393 g/mol. The second-order valence-corrected chi connectivity index (χ2v) is 8.78. The van der Waals surface area contributed by atoms with Gasteiger partial charge in [-0.1, -0.05) is 13.0 Å². The molecule has 6 heteroatoms. The number of nitrogens with zero attached hydrogens (tertiary/aromatic N) is 3. The number of likely N-dealkylation sites (tertiary alicyclic amines) is 1. The van der Waals surface area contributed by atoms with Crippen molar-refractivity contribution < 1.29 is 9.59 Å². The Bertz CT molecular complexity index is 580. The third-order valence-corrected chi connectivity index (χ3v) is 6.48. The summed E-state index contributed by atoms with van der Waals surface area (Å²) in [5.41, 5.74) is 0. The number of likely N-dealkylation sites (N-methyl/N-ethyl adjacent to an activating group) is 1. The molecule has 1 aromatic rings. The molecule has 2 amide bonds. The maximum Gasteiger partial charge on any atom is 0.225 e. The van der Waals surface area contributed by atoms with Gasteiger partial charge in [0.15, 0.2) is 0 Å². The minimum absolute atomic E-state index is 0.0812. The first-order valence-corrected chi connectivity index (χ1v) is 11.1. The van der Waals surface area contributed by atoms with Crippen molar-refractivity contribution in [3.63, 3.8) is 0 Å². The van der Waals surface area contributed by atoms with Crippen LogP contribution >= 0.6 is 11.3 Å². The summed E-state index contributed by atoms with van der Waals surface area (Å²) >= 11 is 1.82. The Balaban J connectivity index is 1.69. The van der Waals surface area contributed by atoms with Crippen LogP contribution in [0.15, 0.2) is 17.5 Å². The molecule has 0 aliphatic carbocycles. The highest BCUT2D eigenvalue weighted by Crippen LogP contribution is 2.20. The molecule has 0 saturated carbocycles. The summed E-state index contributed by atoms with van der Waals surface area (Å²) in [5, 5.41) is 2.13. The molecule has 0 bridgehead atoms. The molecule has 1 atom stereocenters. The molecule has 5 nitrogen and oxygen atoms in total. The van der Waals surface area contributed by atoms with Crippen LogP contribution in [0.25, 0.3) is 0 Å². The van der Waals surface area contributed by atoms with Crippen LogP contribution < -0.4 is 0 Å². The van der Waals surface area contributed by atoms with Crippen molar-refractivity contribution in [2.24, 2.45) is 5.92 Å². The van der Waals surface area contributed by atoms with Crippen molar-refractivity contribution in [3.8, 4) is 0 Å². The van der Waals surface area contributed by atoms with Crippen molar-refractivity contribution in [3.05, 3.63) is 22.4 Å². The number of hydrogen-bond acceptors (Lipinski definition) is 4. The summed E-state index contributed by atoms with van der Waals surface area (Å²) in [4.78, 5) is 32.1. The summed E-state index contributed by atoms with van der Waals surface area (Å²) in [6, 6.07) is 4.80. The quantitative estimate of drug-likeness (QED) is 0.647. The molecule has 0 aromatic carbocycles. The molecule has 152 valence electrons. The van der Waals surface area contributed by atoms with Gasteiger partial charge in [0.1, 0.15) is 0 Å². The molecule has 0 spiro atoms. The first-order chi connectivity index (χ1) is 12.9. The fraction of sp³-hybridized carbons (Fsp3) is 0.714. The lowest BCUT2D eigenvalue weighted by Gasteiger charge is -2.33. The van der Waals surface area contributed by atoms with E-state index in [4.69, 9.17) is 0 Å². The van der Waals surface area contributed by atoms with Crippen LogP contribution in [-0.2, 0) is 16.0 Å². The van der Waals surface area contributed by atoms with Crippen LogP contribution in [0.3, 0.4) is 0 Å². The largest absolute Gasteiger partial charge is 0.349 e. The molecular formula is C21H35N3O2S. The fourth-order valence-electron chi connectivity index (χ4n) is 3.87. The normalized spacial score (nSPS) is 16.6. The van der Waals surface area contributed by atoms with Gasteiger partial charge in [-0.15, -0.1) is 11.3 Å². The van der Waals surface area contributed by atoms with Crippen LogP contribution in [-0.4, -0.2) is 72.8 Å². The van der Waals surface area contributed by atoms with E-state index < -0.39 is 0 Å². The second kappa shape index (κ2) is 10.8. The summed E-state index contributed by atoms with van der Waals surface area (Å²) in [7, 11) is 3.61. The highest BCUT2D eigenvalue weighted by molar-refractivity contribution is 7.09. The van der Waals surface area contributed by atoms with Gasteiger partial charge in [0.25, 0.3) is 0 Å². The lowest BCUT2D eigenvalue weighted by atomic mass is 9.95. The number of carbonyl (C=O) groups is 2. The van der Waals surface area contributed by atoms with Gasteiger partial charge in [-0.25, -0.2) is 0 Å². The summed E-state index contributed by atoms with van der Waals surface area (Å²) in [5.74, 6) is 0.519. The Kier molecular flexibility index (Phi) is 8.77. The zero-order valence-corrected chi connectivity index (χ0v) is 18.1. The van der Waals surface area contributed by atoms with E-state index in [1.54, 1.807) is 19.0 Å². The SMILES string of the molecule is CCN(CCCC(=O)N1CCC(C(=O)N(C)C)CC1)C(C)Cc1cccs1. The molecule has 1 aromatic heterocycles. The van der Waals surface area contributed by atoms with E-state index in [9.17, 15) is 9.59 Å². The molecule has 1 fully saturated rings. The van der Waals surface area contributed by atoms with Gasteiger partial charge in [0, 0.05) is 50.4 Å². The van der Waals surface area contributed by atoms with Crippen LogP contribution in [0, 0.1) is 5.92 Å². The second-order valence-electron chi connectivity index (χ2n) is 7.75. The fourth-order valence-corrected chi connectivity index (χ4v) is 4.70. The maximum absolute atomic E-state index is 12.5. The Morgan fingerprint density at radius 2 is 2.00 bits per heavy atom. The van der Waals surface area contributed by atoms with Crippen molar-refractivity contribution in [2.75, 3.05) is 40.3 Å². The van der Waals surface area contributed by atoms with Gasteiger partial charge < -0.3 is 14.7 Å². The number of carbonyl (C=O) groups excluding carboxylic acids is 2. The average Bonchev–Trinajstić information content (AvgIpc) is 3.17. The van der Waals surface area contributed by atoms with Gasteiger partial charge in [-0.05, 0) is 57.1 Å². The number of amides is 2. The van der Waals surface area contributed by atoms with Crippen LogP contribution in [0.1, 0.15) is 44.4 Å². The van der Waals surface area contributed by atoms with E-state index >= 15 is 0 Å². The van der Waals surface area contributed by atoms with Gasteiger partial charge >= 0.3 is 0 Å². The van der Waals surface area contributed by atoms with E-state index in [2.05, 4.69) is 36.3 Å². The molecular weight excluding hydrogens is 358 g/mol. The summed E-state index contributed by atoms with van der Waals surface area (Å²) < 4.78 is 0. The van der Waals surface area contributed by atoms with Gasteiger partial charge in [0.2, 0.25) is 11.8 Å². The number of piperidine rings is 1. The first-order valence-electron chi connectivity index (χ1n) is 10.2. The van der Waals surface area contributed by atoms with Crippen molar-refractivity contribution in [2.45, 2.75) is 52.0 Å². The van der Waals surface area contributed by atoms with Gasteiger partial charge in [0.05, 0.1) is 0 Å². The van der Waals surface area contributed by atoms with E-state index in [1.807, 2.05) is 16.2 Å².